The van der Waals surface area contributed by atoms with E-state index in [0.29, 0.717) is 25.9 Å². The summed E-state index contributed by atoms with van der Waals surface area (Å²) in [5.74, 6) is -0.446. The van der Waals surface area contributed by atoms with Crippen molar-refractivity contribution in [3.05, 3.63) is 56.7 Å². The van der Waals surface area contributed by atoms with E-state index >= 15 is 0 Å². The van der Waals surface area contributed by atoms with Gasteiger partial charge in [-0.15, -0.1) is 0 Å². The number of rotatable bonds is 2. The molecule has 3 nitrogen and oxygen atoms in total. The Morgan fingerprint density at radius 2 is 1.80 bits per heavy atom. The monoisotopic (exact) mass is 376 g/mol. The van der Waals surface area contributed by atoms with Crippen molar-refractivity contribution in [2.75, 3.05) is 10.6 Å². The number of urea groups is 1. The van der Waals surface area contributed by atoms with Crippen LogP contribution in [0.4, 0.5) is 20.6 Å². The number of nitrogens with one attached hydrogen (secondary N) is 2. The van der Waals surface area contributed by atoms with Gasteiger partial charge in [0.1, 0.15) is 5.82 Å². The first kappa shape index (κ1) is 15.1. The van der Waals surface area contributed by atoms with Gasteiger partial charge in [0.25, 0.3) is 0 Å². The maximum Gasteiger partial charge on any atom is 0.323 e. The summed E-state index contributed by atoms with van der Waals surface area (Å²) in [7, 11) is 0. The third kappa shape index (κ3) is 3.85. The molecule has 7 heteroatoms. The molecule has 0 aliphatic carbocycles. The fourth-order valence-electron chi connectivity index (χ4n) is 1.45. The molecule has 0 fully saturated rings. The molecule has 0 unspecified atom stereocenters. The van der Waals surface area contributed by atoms with Crippen LogP contribution in [0.5, 0.6) is 0 Å². The third-order valence-electron chi connectivity index (χ3n) is 2.35. The molecule has 2 aromatic rings. The van der Waals surface area contributed by atoms with Gasteiger partial charge in [-0.05, 0) is 52.3 Å². The Morgan fingerprint density at radius 1 is 1.05 bits per heavy atom. The summed E-state index contributed by atoms with van der Waals surface area (Å²) in [4.78, 5) is 11.8. The van der Waals surface area contributed by atoms with Crippen LogP contribution < -0.4 is 10.6 Å². The first-order chi connectivity index (χ1) is 9.45. The molecule has 0 bridgehead atoms. The molecule has 0 saturated heterocycles. The molecule has 2 aromatic carbocycles. The largest absolute Gasteiger partial charge is 0.323 e. The van der Waals surface area contributed by atoms with Gasteiger partial charge in [-0.2, -0.15) is 0 Å². The maximum atomic E-state index is 13.1. The molecule has 0 spiro atoms. The molecule has 0 saturated carbocycles. The van der Waals surface area contributed by atoms with E-state index in [9.17, 15) is 9.18 Å². The van der Waals surface area contributed by atoms with Crippen molar-refractivity contribution in [2.45, 2.75) is 0 Å². The van der Waals surface area contributed by atoms with Crippen molar-refractivity contribution in [1.82, 2.24) is 0 Å². The van der Waals surface area contributed by atoms with Crippen LogP contribution in [0.25, 0.3) is 0 Å². The van der Waals surface area contributed by atoms with Crippen LogP contribution in [-0.2, 0) is 0 Å². The first-order valence-electron chi connectivity index (χ1n) is 5.44. The topological polar surface area (TPSA) is 41.1 Å². The van der Waals surface area contributed by atoms with Gasteiger partial charge in [0.2, 0.25) is 0 Å². The number of hydrogen-bond donors (Lipinski definition) is 2. The Labute approximate surface area is 133 Å². The predicted octanol–water partition coefficient (Wildman–Crippen LogP) is 5.54. The molecule has 104 valence electrons. The average molecular weight is 378 g/mol. The predicted molar refractivity (Wildman–Crippen MR) is 83.2 cm³/mol. The lowest BCUT2D eigenvalue weighted by Crippen LogP contribution is -2.19. The van der Waals surface area contributed by atoms with Crippen LogP contribution in [0, 0.1) is 5.82 Å². The molecule has 0 atom stereocenters. The molecular formula is C13H8BrCl2FN2O. The molecule has 0 aliphatic rings. The maximum absolute atomic E-state index is 13.1. The number of amides is 2. The fraction of sp³-hybridized carbons (Fsp3) is 0. The SMILES string of the molecule is O=C(Nc1ccc(Cl)c(Cl)c1)Nc1cc(F)ccc1Br. The van der Waals surface area contributed by atoms with E-state index in [0.717, 1.165) is 0 Å². The molecule has 0 aliphatic heterocycles. The Hall–Kier alpha value is -1.30. The van der Waals surface area contributed by atoms with E-state index in [1.54, 1.807) is 12.1 Å². The summed E-state index contributed by atoms with van der Waals surface area (Å²) in [6, 6.07) is 8.17. The second-order valence-electron chi connectivity index (χ2n) is 3.83. The van der Waals surface area contributed by atoms with E-state index < -0.39 is 11.8 Å². The second kappa shape index (κ2) is 6.43. The highest BCUT2D eigenvalue weighted by atomic mass is 79.9. The van der Waals surface area contributed by atoms with E-state index in [1.165, 1.54) is 24.3 Å². The molecule has 2 N–H and O–H groups in total. The first-order valence-corrected chi connectivity index (χ1v) is 6.99. The van der Waals surface area contributed by atoms with Crippen molar-refractivity contribution >= 4 is 56.5 Å². The lowest BCUT2D eigenvalue weighted by atomic mass is 10.3. The highest BCUT2D eigenvalue weighted by molar-refractivity contribution is 9.10. The van der Waals surface area contributed by atoms with Crippen LogP contribution >= 0.6 is 39.1 Å². The van der Waals surface area contributed by atoms with E-state index in [1.807, 2.05) is 0 Å². The van der Waals surface area contributed by atoms with Crippen LogP contribution in [0.2, 0.25) is 10.0 Å². The van der Waals surface area contributed by atoms with Gasteiger partial charge in [0.15, 0.2) is 0 Å². The van der Waals surface area contributed by atoms with Crippen LogP contribution in [0.15, 0.2) is 40.9 Å². The van der Waals surface area contributed by atoms with Gasteiger partial charge in [0, 0.05) is 10.2 Å². The summed E-state index contributed by atoms with van der Waals surface area (Å²) in [6.45, 7) is 0. The third-order valence-corrected chi connectivity index (χ3v) is 3.78. The summed E-state index contributed by atoms with van der Waals surface area (Å²) in [6.07, 6.45) is 0. The lowest BCUT2D eigenvalue weighted by Gasteiger charge is -2.09. The summed E-state index contributed by atoms with van der Waals surface area (Å²) >= 11 is 14.8. The second-order valence-corrected chi connectivity index (χ2v) is 5.50. The minimum absolute atomic E-state index is 0.322. The number of anilines is 2. The zero-order valence-electron chi connectivity index (χ0n) is 9.88. The molecule has 20 heavy (non-hydrogen) atoms. The van der Waals surface area contributed by atoms with Crippen LogP contribution in [0.1, 0.15) is 0 Å². The van der Waals surface area contributed by atoms with Crippen molar-refractivity contribution in [3.8, 4) is 0 Å². The van der Waals surface area contributed by atoms with Crippen molar-refractivity contribution in [2.24, 2.45) is 0 Å². The number of halogens is 4. The fourth-order valence-corrected chi connectivity index (χ4v) is 2.10. The highest BCUT2D eigenvalue weighted by Crippen LogP contribution is 2.26. The highest BCUT2D eigenvalue weighted by Gasteiger charge is 2.08. The number of carbonyl (C=O) groups is 1. The molecule has 2 rings (SSSR count). The normalized spacial score (nSPS) is 10.2. The number of hydrogen-bond acceptors (Lipinski definition) is 1. The Bertz CT molecular complexity index is 667. The van der Waals surface area contributed by atoms with Gasteiger partial charge in [-0.1, -0.05) is 23.2 Å². The molecule has 0 aromatic heterocycles. The van der Waals surface area contributed by atoms with Crippen LogP contribution in [0.3, 0.4) is 0 Å². The van der Waals surface area contributed by atoms with E-state index in [-0.39, 0.29) is 0 Å². The molecule has 0 radical (unpaired) electrons. The molecule has 0 heterocycles. The van der Waals surface area contributed by atoms with Crippen molar-refractivity contribution in [1.29, 1.82) is 0 Å². The quantitative estimate of drug-likeness (QED) is 0.708. The van der Waals surface area contributed by atoms with Crippen molar-refractivity contribution < 1.29 is 9.18 Å². The van der Waals surface area contributed by atoms with Gasteiger partial charge in [0.05, 0.1) is 15.7 Å². The van der Waals surface area contributed by atoms with E-state index in [4.69, 9.17) is 23.2 Å². The summed E-state index contributed by atoms with van der Waals surface area (Å²) < 4.78 is 13.7. The zero-order valence-corrected chi connectivity index (χ0v) is 13.0. The standard InChI is InChI=1S/C13H8BrCl2FN2O/c14-9-3-1-7(17)5-12(9)19-13(20)18-8-2-4-10(15)11(16)6-8/h1-6H,(H2,18,19,20). The molecule has 2 amide bonds. The van der Waals surface area contributed by atoms with Gasteiger partial charge >= 0.3 is 6.03 Å². The Morgan fingerprint density at radius 3 is 2.50 bits per heavy atom. The minimum atomic E-state index is -0.519. The van der Waals surface area contributed by atoms with Gasteiger partial charge in [-0.3, -0.25) is 0 Å². The summed E-state index contributed by atoms with van der Waals surface area (Å²) in [5, 5.41) is 5.81. The van der Waals surface area contributed by atoms with Gasteiger partial charge < -0.3 is 10.6 Å². The van der Waals surface area contributed by atoms with Gasteiger partial charge in [-0.25, -0.2) is 9.18 Å². The minimum Gasteiger partial charge on any atom is -0.308 e. The van der Waals surface area contributed by atoms with Crippen molar-refractivity contribution in [3.63, 3.8) is 0 Å². The lowest BCUT2D eigenvalue weighted by molar-refractivity contribution is 0.262. The Kier molecular flexibility index (Phi) is 4.86. The smallest absolute Gasteiger partial charge is 0.308 e. The zero-order chi connectivity index (χ0) is 14.7. The summed E-state index contributed by atoms with van der Waals surface area (Å²) in [5.41, 5.74) is 0.798. The number of carbonyl (C=O) groups excluding carboxylic acids is 1. The Balaban J connectivity index is 2.09. The van der Waals surface area contributed by atoms with Crippen LogP contribution in [-0.4, -0.2) is 6.03 Å². The number of benzene rings is 2. The van der Waals surface area contributed by atoms with E-state index in [2.05, 4.69) is 26.6 Å². The molecular weight excluding hydrogens is 370 g/mol. The average Bonchev–Trinajstić information content (AvgIpc) is 2.38.